The topological polar surface area (TPSA) is 93.4 Å². The highest BCUT2D eigenvalue weighted by atomic mass is 16.7. The molecule has 0 unspecified atom stereocenters. The number of benzene rings is 1. The molecule has 6 nitrogen and oxygen atoms in total. The number of carbonyl (C=O) groups is 2. The van der Waals surface area contributed by atoms with E-state index in [1.165, 1.54) is 0 Å². The zero-order valence-corrected chi connectivity index (χ0v) is 10.2. The van der Waals surface area contributed by atoms with Gasteiger partial charge in [-0.25, -0.2) is 5.48 Å². The van der Waals surface area contributed by atoms with Gasteiger partial charge in [-0.15, -0.1) is 0 Å². The summed E-state index contributed by atoms with van der Waals surface area (Å²) in [5, 5.41) is 3.02. The molecule has 1 aromatic carbocycles. The summed E-state index contributed by atoms with van der Waals surface area (Å²) in [5.74, 6) is -1.03. The summed E-state index contributed by atoms with van der Waals surface area (Å²) in [6, 6.07) is 7.21. The maximum atomic E-state index is 11.8. The van der Waals surface area contributed by atoms with Crippen LogP contribution in [0.3, 0.4) is 0 Å². The zero-order chi connectivity index (χ0) is 13.4. The number of rotatable bonds is 7. The molecule has 0 saturated heterocycles. The lowest BCUT2D eigenvalue weighted by Crippen LogP contribution is -2.30. The van der Waals surface area contributed by atoms with Crippen LogP contribution in [0, 0.1) is 0 Å². The highest BCUT2D eigenvalue weighted by Gasteiger charge is 2.10. The molecule has 0 atom stereocenters. The Labute approximate surface area is 105 Å². The smallest absolute Gasteiger partial charge is 0.275 e. The number of hydrogen-bond donors (Lipinski definition) is 3. The molecule has 0 saturated carbocycles. The summed E-state index contributed by atoms with van der Waals surface area (Å²) >= 11 is 0. The maximum Gasteiger partial charge on any atom is 0.275 e. The third kappa shape index (κ3) is 4.52. The van der Waals surface area contributed by atoms with E-state index in [1.807, 2.05) is 19.2 Å². The third-order valence-corrected chi connectivity index (χ3v) is 2.29. The fraction of sp³-hybridized carbons (Fsp3) is 0.333. The quantitative estimate of drug-likeness (QED) is 0.575. The Balaban J connectivity index is 2.63. The Morgan fingerprint density at radius 3 is 2.72 bits per heavy atom. The van der Waals surface area contributed by atoms with Crippen LogP contribution in [0.2, 0.25) is 0 Å². The van der Waals surface area contributed by atoms with Gasteiger partial charge in [-0.2, -0.15) is 0 Å². The first kappa shape index (κ1) is 14.1. The Hall–Kier alpha value is -1.92. The molecule has 98 valence electrons. The van der Waals surface area contributed by atoms with Crippen LogP contribution in [0.25, 0.3) is 0 Å². The summed E-state index contributed by atoms with van der Waals surface area (Å²) in [6.45, 7) is 0.427. The minimum Gasteiger partial charge on any atom is -0.368 e. The second-order valence-corrected chi connectivity index (χ2v) is 3.70. The molecule has 0 aromatic heterocycles. The molecule has 1 aromatic rings. The fourth-order valence-corrected chi connectivity index (χ4v) is 1.45. The predicted molar refractivity (Wildman–Crippen MR) is 66.7 cm³/mol. The lowest BCUT2D eigenvalue weighted by molar-refractivity contribution is -0.124. The molecule has 2 amide bonds. The van der Waals surface area contributed by atoms with E-state index in [0.29, 0.717) is 5.56 Å². The van der Waals surface area contributed by atoms with Crippen molar-refractivity contribution in [3.63, 3.8) is 0 Å². The van der Waals surface area contributed by atoms with Crippen molar-refractivity contribution in [2.24, 2.45) is 5.73 Å². The molecule has 0 bridgehead atoms. The number of primary amides is 1. The number of likely N-dealkylation sites (N-methyl/N-ethyl adjacent to an activating group) is 1. The Kier molecular flexibility index (Phi) is 5.83. The standard InChI is InChI=1S/C12H17N3O3/c1-14-7-6-9-4-2-3-5-10(9)12(17)15-18-8-11(13)16/h2-5,14H,6-8H2,1H3,(H2,13,16)(H,15,17). The number of carbonyl (C=O) groups excluding carboxylic acids is 2. The lowest BCUT2D eigenvalue weighted by Gasteiger charge is -2.09. The van der Waals surface area contributed by atoms with Gasteiger partial charge in [0, 0.05) is 5.56 Å². The van der Waals surface area contributed by atoms with Crippen LogP contribution in [0.1, 0.15) is 15.9 Å². The van der Waals surface area contributed by atoms with E-state index < -0.39 is 5.91 Å². The minimum atomic E-state index is -0.640. The number of nitrogens with one attached hydrogen (secondary N) is 2. The van der Waals surface area contributed by atoms with Crippen LogP contribution in [-0.2, 0) is 16.1 Å². The van der Waals surface area contributed by atoms with Crippen molar-refractivity contribution in [1.82, 2.24) is 10.8 Å². The lowest BCUT2D eigenvalue weighted by atomic mass is 10.0. The van der Waals surface area contributed by atoms with Gasteiger partial charge in [0.1, 0.15) is 0 Å². The highest BCUT2D eigenvalue weighted by molar-refractivity contribution is 5.95. The normalized spacial score (nSPS) is 10.1. The molecular formula is C12H17N3O3. The van der Waals surface area contributed by atoms with E-state index in [1.54, 1.807) is 12.1 Å². The van der Waals surface area contributed by atoms with Crippen molar-refractivity contribution in [1.29, 1.82) is 0 Å². The van der Waals surface area contributed by atoms with E-state index in [2.05, 4.69) is 15.6 Å². The van der Waals surface area contributed by atoms with Crippen molar-refractivity contribution in [2.75, 3.05) is 20.2 Å². The summed E-state index contributed by atoms with van der Waals surface area (Å²) < 4.78 is 0. The van der Waals surface area contributed by atoms with Crippen LogP contribution in [0.4, 0.5) is 0 Å². The van der Waals surface area contributed by atoms with E-state index >= 15 is 0 Å². The van der Waals surface area contributed by atoms with Crippen molar-refractivity contribution in [3.8, 4) is 0 Å². The molecule has 0 radical (unpaired) electrons. The summed E-state index contributed by atoms with van der Waals surface area (Å²) in [5.41, 5.74) is 8.51. The first-order valence-electron chi connectivity index (χ1n) is 5.58. The molecule has 4 N–H and O–H groups in total. The second-order valence-electron chi connectivity index (χ2n) is 3.70. The monoisotopic (exact) mass is 251 g/mol. The summed E-state index contributed by atoms with van der Waals surface area (Å²) in [4.78, 5) is 26.9. The van der Waals surface area contributed by atoms with Gasteiger partial charge in [-0.3, -0.25) is 14.4 Å². The van der Waals surface area contributed by atoms with Gasteiger partial charge >= 0.3 is 0 Å². The zero-order valence-electron chi connectivity index (χ0n) is 10.2. The van der Waals surface area contributed by atoms with Gasteiger partial charge < -0.3 is 11.1 Å². The van der Waals surface area contributed by atoms with Crippen molar-refractivity contribution >= 4 is 11.8 Å². The SMILES string of the molecule is CNCCc1ccccc1C(=O)NOCC(N)=O. The average molecular weight is 251 g/mol. The third-order valence-electron chi connectivity index (χ3n) is 2.29. The first-order valence-corrected chi connectivity index (χ1v) is 5.58. The van der Waals surface area contributed by atoms with Crippen molar-refractivity contribution < 1.29 is 14.4 Å². The van der Waals surface area contributed by atoms with Crippen LogP contribution in [0.5, 0.6) is 0 Å². The van der Waals surface area contributed by atoms with Gasteiger partial charge in [-0.1, -0.05) is 18.2 Å². The van der Waals surface area contributed by atoms with Crippen LogP contribution >= 0.6 is 0 Å². The van der Waals surface area contributed by atoms with Gasteiger partial charge in [0.15, 0.2) is 6.61 Å². The number of hydroxylamine groups is 1. The van der Waals surface area contributed by atoms with Crippen LogP contribution in [0.15, 0.2) is 24.3 Å². The Bertz CT molecular complexity index is 421. The van der Waals surface area contributed by atoms with Crippen LogP contribution in [-0.4, -0.2) is 32.0 Å². The van der Waals surface area contributed by atoms with Gasteiger partial charge in [0.25, 0.3) is 5.91 Å². The molecule has 0 fully saturated rings. The Morgan fingerprint density at radius 1 is 1.33 bits per heavy atom. The summed E-state index contributed by atoms with van der Waals surface area (Å²) in [7, 11) is 1.85. The molecule has 6 heteroatoms. The molecule has 0 heterocycles. The fourth-order valence-electron chi connectivity index (χ4n) is 1.45. The van der Waals surface area contributed by atoms with Crippen molar-refractivity contribution in [2.45, 2.75) is 6.42 Å². The highest BCUT2D eigenvalue weighted by Crippen LogP contribution is 2.09. The molecule has 0 aliphatic rings. The predicted octanol–water partition coefficient (Wildman–Crippen LogP) is -0.405. The van der Waals surface area contributed by atoms with Crippen molar-refractivity contribution in [3.05, 3.63) is 35.4 Å². The van der Waals surface area contributed by atoms with E-state index in [9.17, 15) is 9.59 Å². The molecule has 18 heavy (non-hydrogen) atoms. The van der Waals surface area contributed by atoms with E-state index in [-0.39, 0.29) is 12.5 Å². The number of nitrogens with two attached hydrogens (primary N) is 1. The molecular weight excluding hydrogens is 234 g/mol. The second kappa shape index (κ2) is 7.41. The first-order chi connectivity index (χ1) is 8.65. The molecule has 0 aliphatic carbocycles. The number of amides is 2. The molecule has 0 spiro atoms. The average Bonchev–Trinajstić information content (AvgIpc) is 2.36. The van der Waals surface area contributed by atoms with E-state index in [0.717, 1.165) is 18.5 Å². The van der Waals surface area contributed by atoms with Gasteiger partial charge in [-0.05, 0) is 31.6 Å². The minimum absolute atomic E-state index is 0.343. The largest absolute Gasteiger partial charge is 0.368 e. The van der Waals surface area contributed by atoms with Gasteiger partial charge in [0.05, 0.1) is 0 Å². The van der Waals surface area contributed by atoms with E-state index in [4.69, 9.17) is 5.73 Å². The Morgan fingerprint density at radius 2 is 2.06 bits per heavy atom. The van der Waals surface area contributed by atoms with Crippen LogP contribution < -0.4 is 16.5 Å². The molecule has 0 aliphatic heterocycles. The van der Waals surface area contributed by atoms with Gasteiger partial charge in [0.2, 0.25) is 5.91 Å². The maximum absolute atomic E-state index is 11.8. The number of hydrogen-bond acceptors (Lipinski definition) is 4. The molecule has 1 rings (SSSR count). The summed E-state index contributed by atoms with van der Waals surface area (Å²) in [6.07, 6.45) is 0.732.